The summed E-state index contributed by atoms with van der Waals surface area (Å²) in [5, 5.41) is 0. The van der Waals surface area contributed by atoms with E-state index in [-0.39, 0.29) is 0 Å². The smallest absolute Gasteiger partial charge is 0.274 e. The first-order valence-corrected chi connectivity index (χ1v) is 4.14. The van der Waals surface area contributed by atoms with Crippen molar-refractivity contribution < 1.29 is 8.92 Å². The van der Waals surface area contributed by atoms with Crippen molar-refractivity contribution in [2.75, 3.05) is 0 Å². The molecule has 0 aliphatic carbocycles. The second-order valence-corrected chi connectivity index (χ2v) is 1.96. The maximum atomic E-state index is 8.40. The Morgan fingerprint density at radius 3 is 1.33 bits per heavy atom. The monoisotopic (exact) mass is 146 g/mol. The Bertz CT molecular complexity index is 63.5. The summed E-state index contributed by atoms with van der Waals surface area (Å²) >= 11 is 0. The van der Waals surface area contributed by atoms with Crippen LogP contribution in [0.5, 0.6) is 0 Å². The molecule has 0 aromatic carbocycles. The lowest BCUT2D eigenvalue weighted by Crippen LogP contribution is -1.66. The normalized spacial score (nSPS) is 6.89. The second-order valence-electron chi connectivity index (χ2n) is 1.79. The fourth-order valence-electron chi connectivity index (χ4n) is 0.500. The topological polar surface area (TPSA) is 34.1 Å². The zero-order chi connectivity index (χ0) is 7.54. The molecule has 3 heteroatoms. The molecule has 0 N–H and O–H groups in total. The summed E-state index contributed by atoms with van der Waals surface area (Å²) in [6.45, 7) is 4.46. The summed E-state index contributed by atoms with van der Waals surface area (Å²) < 4.78 is 16.8. The van der Waals surface area contributed by atoms with E-state index in [0.29, 0.717) is 0 Å². The van der Waals surface area contributed by atoms with E-state index >= 15 is 0 Å². The predicted octanol–water partition coefficient (Wildman–Crippen LogP) is 1.97. The van der Waals surface area contributed by atoms with Crippen molar-refractivity contribution in [1.82, 2.24) is 0 Å². The van der Waals surface area contributed by atoms with Gasteiger partial charge in [-0.2, -0.15) is 0 Å². The molecule has 0 spiro atoms. The number of hydrogen-bond acceptors (Lipinski definition) is 2. The fourth-order valence-corrected chi connectivity index (χ4v) is 0.500. The van der Waals surface area contributed by atoms with Gasteiger partial charge in [-0.05, 0) is 0 Å². The molecule has 0 aliphatic rings. The quantitative estimate of drug-likeness (QED) is 0.450. The van der Waals surface area contributed by atoms with Gasteiger partial charge in [-0.3, -0.25) is 8.92 Å². The lowest BCUT2D eigenvalue weighted by atomic mass is 10.2. The van der Waals surface area contributed by atoms with E-state index in [1.54, 1.807) is 0 Å². The largest absolute Gasteiger partial charge is 0.549 e. The molecule has 0 fully saturated rings. The van der Waals surface area contributed by atoms with Crippen LogP contribution in [0.15, 0.2) is 0 Å². The van der Waals surface area contributed by atoms with Crippen LogP contribution >= 0.6 is 0 Å². The molecule has 2 nitrogen and oxygen atoms in total. The van der Waals surface area contributed by atoms with Crippen LogP contribution in [0.4, 0.5) is 0 Å². The molecule has 0 radical (unpaired) electrons. The van der Waals surface area contributed by atoms with Crippen LogP contribution in [-0.2, 0) is 8.92 Å². The highest BCUT2D eigenvalue weighted by Gasteiger charge is 1.75. The Morgan fingerprint density at radius 1 is 1.00 bits per heavy atom. The summed E-state index contributed by atoms with van der Waals surface area (Å²) in [4.78, 5) is 0. The van der Waals surface area contributed by atoms with Crippen molar-refractivity contribution in [3.05, 3.63) is 0 Å². The van der Waals surface area contributed by atoms with Crippen LogP contribution in [0.2, 0.25) is 0 Å². The van der Waals surface area contributed by atoms with Crippen LogP contribution in [0.3, 0.4) is 0 Å². The SMILES string of the molecule is CCCCCC.O=[Si]=O. The molecule has 0 unspecified atom stereocenters. The van der Waals surface area contributed by atoms with Gasteiger partial charge in [0.1, 0.15) is 0 Å². The van der Waals surface area contributed by atoms with Crippen LogP contribution in [0.1, 0.15) is 39.5 Å². The molecule has 0 saturated heterocycles. The zero-order valence-electron chi connectivity index (χ0n) is 6.14. The molecule has 0 rings (SSSR count). The second kappa shape index (κ2) is 15.7. The molecule has 0 aromatic rings. The average Bonchev–Trinajstić information content (AvgIpc) is 1.86. The predicted molar refractivity (Wildman–Crippen MR) is 36.9 cm³/mol. The van der Waals surface area contributed by atoms with E-state index in [9.17, 15) is 0 Å². The van der Waals surface area contributed by atoms with Gasteiger partial charge in [0.2, 0.25) is 0 Å². The van der Waals surface area contributed by atoms with Crippen molar-refractivity contribution in [2.45, 2.75) is 39.5 Å². The summed E-state index contributed by atoms with van der Waals surface area (Å²) in [6, 6.07) is 0. The Labute approximate surface area is 58.6 Å². The third kappa shape index (κ3) is 33.3. The number of unbranched alkanes of at least 4 members (excludes halogenated alkanes) is 3. The lowest BCUT2D eigenvalue weighted by molar-refractivity contribution is 0.497. The summed E-state index contributed by atoms with van der Waals surface area (Å²) in [6.07, 6.45) is 5.54. The molecule has 0 saturated carbocycles. The van der Waals surface area contributed by atoms with E-state index in [1.165, 1.54) is 25.7 Å². The number of rotatable bonds is 3. The minimum absolute atomic E-state index is 1.36. The van der Waals surface area contributed by atoms with Crippen LogP contribution < -0.4 is 0 Å². The van der Waals surface area contributed by atoms with Crippen LogP contribution in [0.25, 0.3) is 0 Å². The van der Waals surface area contributed by atoms with Gasteiger partial charge in [0.05, 0.1) is 0 Å². The standard InChI is InChI=1S/C6H14.O2Si/c1-3-5-6-4-2;1-3-2/h3-6H2,1-2H3;. The minimum atomic E-state index is -1.42. The van der Waals surface area contributed by atoms with E-state index < -0.39 is 9.29 Å². The van der Waals surface area contributed by atoms with E-state index in [2.05, 4.69) is 13.8 Å². The molecule has 0 bridgehead atoms. The van der Waals surface area contributed by atoms with E-state index in [4.69, 9.17) is 8.92 Å². The molecule has 54 valence electrons. The Kier molecular flexibility index (Phi) is 20.2. The first-order chi connectivity index (χ1) is 4.33. The Hall–Kier alpha value is -0.183. The van der Waals surface area contributed by atoms with Crippen molar-refractivity contribution in [1.29, 1.82) is 0 Å². The van der Waals surface area contributed by atoms with Crippen LogP contribution in [-0.4, -0.2) is 9.29 Å². The van der Waals surface area contributed by atoms with Crippen molar-refractivity contribution >= 4 is 9.29 Å². The molecule has 9 heavy (non-hydrogen) atoms. The van der Waals surface area contributed by atoms with Crippen molar-refractivity contribution in [2.24, 2.45) is 0 Å². The summed E-state index contributed by atoms with van der Waals surface area (Å²) in [5.74, 6) is 0. The van der Waals surface area contributed by atoms with Gasteiger partial charge < -0.3 is 0 Å². The fraction of sp³-hybridized carbons (Fsp3) is 1.00. The molecule has 0 heterocycles. The van der Waals surface area contributed by atoms with Gasteiger partial charge in [-0.25, -0.2) is 0 Å². The minimum Gasteiger partial charge on any atom is -0.274 e. The average molecular weight is 146 g/mol. The highest BCUT2D eigenvalue weighted by molar-refractivity contribution is 5.94. The van der Waals surface area contributed by atoms with Gasteiger partial charge in [-0.15, -0.1) is 0 Å². The highest BCUT2D eigenvalue weighted by atomic mass is 28.2. The zero-order valence-corrected chi connectivity index (χ0v) is 7.14. The maximum absolute atomic E-state index is 8.40. The highest BCUT2D eigenvalue weighted by Crippen LogP contribution is 1.95. The summed E-state index contributed by atoms with van der Waals surface area (Å²) in [5.41, 5.74) is 0. The van der Waals surface area contributed by atoms with Crippen molar-refractivity contribution in [3.63, 3.8) is 0 Å². The van der Waals surface area contributed by atoms with Gasteiger partial charge in [0.15, 0.2) is 0 Å². The summed E-state index contributed by atoms with van der Waals surface area (Å²) in [7, 11) is -1.42. The number of hydrogen-bond donors (Lipinski definition) is 0. The Morgan fingerprint density at radius 2 is 1.22 bits per heavy atom. The van der Waals surface area contributed by atoms with Crippen LogP contribution in [0, 0.1) is 0 Å². The molecule has 0 atom stereocenters. The molecule has 0 amide bonds. The molecule has 0 aliphatic heterocycles. The maximum Gasteiger partial charge on any atom is 0.549 e. The van der Waals surface area contributed by atoms with Gasteiger partial charge >= 0.3 is 9.29 Å². The Balaban J connectivity index is 0. The van der Waals surface area contributed by atoms with Crippen molar-refractivity contribution in [3.8, 4) is 0 Å². The van der Waals surface area contributed by atoms with Gasteiger partial charge in [0, 0.05) is 0 Å². The lowest BCUT2D eigenvalue weighted by Gasteiger charge is -1.86. The first kappa shape index (κ1) is 11.6. The third-order valence-corrected chi connectivity index (χ3v) is 0.957. The first-order valence-electron chi connectivity index (χ1n) is 3.32. The molecular weight excluding hydrogens is 132 g/mol. The van der Waals surface area contributed by atoms with Gasteiger partial charge in [-0.1, -0.05) is 39.5 Å². The van der Waals surface area contributed by atoms with E-state index in [1.807, 2.05) is 0 Å². The molecular formula is C6H14O2Si. The third-order valence-electron chi connectivity index (χ3n) is 0.957. The molecule has 0 aromatic heterocycles. The van der Waals surface area contributed by atoms with Gasteiger partial charge in [0.25, 0.3) is 0 Å². The van der Waals surface area contributed by atoms with E-state index in [0.717, 1.165) is 0 Å².